The smallest absolute Gasteiger partial charge is 0.310 e. The predicted molar refractivity (Wildman–Crippen MR) is 140 cm³/mol. The van der Waals surface area contributed by atoms with Gasteiger partial charge in [-0.1, -0.05) is 37.3 Å². The monoisotopic (exact) mass is 487 g/mol. The number of nitrogens with one attached hydrogen (secondary N) is 1. The van der Waals surface area contributed by atoms with E-state index in [2.05, 4.69) is 64.2 Å². The van der Waals surface area contributed by atoms with Crippen molar-refractivity contribution in [3.05, 3.63) is 76.3 Å². The summed E-state index contributed by atoms with van der Waals surface area (Å²) in [6, 6.07) is 18.9. The number of hydrogen-bond acceptors (Lipinski definition) is 7. The van der Waals surface area contributed by atoms with Crippen molar-refractivity contribution in [1.29, 1.82) is 0 Å². The fourth-order valence-electron chi connectivity index (χ4n) is 4.56. The number of nitrogens with zero attached hydrogens (tertiary/aromatic N) is 4. The van der Waals surface area contributed by atoms with Gasteiger partial charge in [0.1, 0.15) is 23.7 Å². The van der Waals surface area contributed by atoms with Crippen LogP contribution in [0.4, 0.5) is 11.4 Å². The van der Waals surface area contributed by atoms with Crippen molar-refractivity contribution < 1.29 is 14.8 Å². The number of hydrogen-bond donors (Lipinski definition) is 2. The van der Waals surface area contributed by atoms with Gasteiger partial charge in [-0.25, -0.2) is 4.98 Å². The van der Waals surface area contributed by atoms with Crippen molar-refractivity contribution in [2.45, 2.75) is 13.3 Å². The highest BCUT2D eigenvalue weighted by atomic mass is 16.6. The molecule has 1 fully saturated rings. The Balaban J connectivity index is 1.19. The molecule has 1 aromatic heterocycles. The number of aromatic amines is 1. The van der Waals surface area contributed by atoms with Gasteiger partial charge in [0, 0.05) is 50.4 Å². The summed E-state index contributed by atoms with van der Waals surface area (Å²) in [5, 5.41) is 20.6. The first-order valence-electron chi connectivity index (χ1n) is 12.2. The SMILES string of the molecule is CCc1ccc(-c2nc3c(N4CCN(CCOc5ccc([N+](=O)[O-])c(O)c5)CC4)cccc3[nH]2)cc1. The Hall–Kier alpha value is -4.11. The zero-order chi connectivity index (χ0) is 25.1. The lowest BCUT2D eigenvalue weighted by molar-refractivity contribution is -0.385. The van der Waals surface area contributed by atoms with Crippen LogP contribution in [0.25, 0.3) is 22.4 Å². The number of anilines is 1. The standard InChI is InChI=1S/C27H29N5O4/c1-2-19-6-8-20(9-7-19)27-28-22-4-3-5-24(26(22)29-27)31-14-12-30(13-15-31)16-17-36-21-10-11-23(32(34)35)25(33)18-21/h3-11,18,33H,2,12-17H2,1H3,(H,28,29). The number of benzene rings is 3. The average Bonchev–Trinajstić information content (AvgIpc) is 3.34. The molecule has 3 aromatic carbocycles. The van der Waals surface area contributed by atoms with Crippen LogP contribution in [0, 0.1) is 10.1 Å². The minimum absolute atomic E-state index is 0.327. The van der Waals surface area contributed by atoms with E-state index in [4.69, 9.17) is 9.72 Å². The lowest BCUT2D eigenvalue weighted by Crippen LogP contribution is -2.47. The summed E-state index contributed by atoms with van der Waals surface area (Å²) in [6.45, 7) is 6.86. The summed E-state index contributed by atoms with van der Waals surface area (Å²) in [7, 11) is 0. The molecule has 4 aromatic rings. The van der Waals surface area contributed by atoms with Crippen molar-refractivity contribution >= 4 is 22.4 Å². The molecule has 2 heterocycles. The number of phenolic OH excluding ortho intramolecular Hbond substituents is 1. The number of rotatable bonds is 8. The van der Waals surface area contributed by atoms with Crippen LogP contribution in [0.5, 0.6) is 11.5 Å². The summed E-state index contributed by atoms with van der Waals surface area (Å²) in [5.74, 6) is 0.912. The number of para-hydroxylation sites is 1. The van der Waals surface area contributed by atoms with E-state index in [1.807, 2.05) is 0 Å². The minimum Gasteiger partial charge on any atom is -0.502 e. The van der Waals surface area contributed by atoms with E-state index in [1.165, 1.54) is 23.8 Å². The molecule has 9 nitrogen and oxygen atoms in total. The summed E-state index contributed by atoms with van der Waals surface area (Å²) in [6.07, 6.45) is 1.02. The molecule has 0 spiro atoms. The van der Waals surface area contributed by atoms with Gasteiger partial charge < -0.3 is 19.7 Å². The second kappa shape index (κ2) is 10.2. The van der Waals surface area contributed by atoms with Crippen LogP contribution in [0.1, 0.15) is 12.5 Å². The summed E-state index contributed by atoms with van der Waals surface area (Å²) < 4.78 is 5.70. The largest absolute Gasteiger partial charge is 0.502 e. The molecule has 0 amide bonds. The van der Waals surface area contributed by atoms with E-state index in [-0.39, 0.29) is 11.4 Å². The first-order chi connectivity index (χ1) is 17.5. The number of phenols is 1. The first kappa shape index (κ1) is 23.6. The fourth-order valence-corrected chi connectivity index (χ4v) is 4.56. The molecule has 1 saturated heterocycles. The van der Waals surface area contributed by atoms with Crippen molar-refractivity contribution in [1.82, 2.24) is 14.9 Å². The van der Waals surface area contributed by atoms with Crippen LogP contribution in [-0.2, 0) is 6.42 Å². The van der Waals surface area contributed by atoms with Crippen LogP contribution in [-0.4, -0.2) is 64.2 Å². The lowest BCUT2D eigenvalue weighted by Gasteiger charge is -2.36. The number of ether oxygens (including phenoxy) is 1. The van der Waals surface area contributed by atoms with Gasteiger partial charge in [0.15, 0.2) is 5.75 Å². The van der Waals surface area contributed by atoms with Gasteiger partial charge in [-0.15, -0.1) is 0 Å². The fraction of sp³-hybridized carbons (Fsp3) is 0.296. The van der Waals surface area contributed by atoms with Crippen molar-refractivity contribution in [3.8, 4) is 22.9 Å². The Morgan fingerprint density at radius 2 is 1.86 bits per heavy atom. The van der Waals surface area contributed by atoms with Gasteiger partial charge in [-0.05, 0) is 30.2 Å². The van der Waals surface area contributed by atoms with Gasteiger partial charge >= 0.3 is 5.69 Å². The Morgan fingerprint density at radius 3 is 2.56 bits per heavy atom. The zero-order valence-electron chi connectivity index (χ0n) is 20.2. The Morgan fingerprint density at radius 1 is 1.08 bits per heavy atom. The number of H-pyrrole nitrogens is 1. The number of piperazine rings is 1. The number of fused-ring (bicyclic) bond motifs is 1. The number of aryl methyl sites for hydroxylation is 1. The number of aromatic hydroxyl groups is 1. The Labute approximate surface area is 209 Å². The van der Waals surface area contributed by atoms with Crippen LogP contribution in [0.15, 0.2) is 60.7 Å². The van der Waals surface area contributed by atoms with Crippen molar-refractivity contribution in [2.75, 3.05) is 44.2 Å². The van der Waals surface area contributed by atoms with Crippen molar-refractivity contribution in [2.24, 2.45) is 0 Å². The second-order valence-electron chi connectivity index (χ2n) is 8.89. The molecule has 1 aliphatic rings. The molecule has 0 saturated carbocycles. The normalized spacial score (nSPS) is 14.3. The molecule has 1 aliphatic heterocycles. The zero-order valence-corrected chi connectivity index (χ0v) is 20.2. The molecule has 5 rings (SSSR count). The van der Waals surface area contributed by atoms with Gasteiger partial charge in [-0.3, -0.25) is 15.0 Å². The molecule has 186 valence electrons. The molecule has 0 bridgehead atoms. The summed E-state index contributed by atoms with van der Waals surface area (Å²) >= 11 is 0. The van der Waals surface area contributed by atoms with Gasteiger partial charge in [-0.2, -0.15) is 0 Å². The molecular formula is C27H29N5O4. The maximum absolute atomic E-state index is 10.8. The third kappa shape index (κ3) is 4.96. The van der Waals surface area contributed by atoms with Crippen molar-refractivity contribution in [3.63, 3.8) is 0 Å². The molecule has 0 aliphatic carbocycles. The van der Waals surface area contributed by atoms with Gasteiger partial charge in [0.2, 0.25) is 0 Å². The second-order valence-corrected chi connectivity index (χ2v) is 8.89. The number of imidazole rings is 1. The summed E-state index contributed by atoms with van der Waals surface area (Å²) in [4.78, 5) is 23.3. The topological polar surface area (TPSA) is 108 Å². The van der Waals surface area contributed by atoms with Gasteiger partial charge in [0.25, 0.3) is 0 Å². The van der Waals surface area contributed by atoms with E-state index in [0.717, 1.165) is 67.3 Å². The number of nitro benzene ring substituents is 1. The first-order valence-corrected chi connectivity index (χ1v) is 12.2. The summed E-state index contributed by atoms with van der Waals surface area (Å²) in [5.41, 5.74) is 5.22. The van der Waals surface area contributed by atoms with Crippen LogP contribution in [0.2, 0.25) is 0 Å². The van der Waals surface area contributed by atoms with E-state index in [0.29, 0.717) is 12.4 Å². The van der Waals surface area contributed by atoms with E-state index in [9.17, 15) is 15.2 Å². The minimum atomic E-state index is -0.619. The number of nitro groups is 1. The average molecular weight is 488 g/mol. The van der Waals surface area contributed by atoms with E-state index < -0.39 is 4.92 Å². The highest BCUT2D eigenvalue weighted by Gasteiger charge is 2.20. The molecule has 0 atom stereocenters. The Bertz CT molecular complexity index is 1360. The molecule has 36 heavy (non-hydrogen) atoms. The lowest BCUT2D eigenvalue weighted by atomic mass is 10.1. The van der Waals surface area contributed by atoms with Crippen LogP contribution in [0.3, 0.4) is 0 Å². The highest BCUT2D eigenvalue weighted by Crippen LogP contribution is 2.30. The maximum atomic E-state index is 10.8. The van der Waals surface area contributed by atoms with Crippen LogP contribution >= 0.6 is 0 Å². The third-order valence-corrected chi connectivity index (χ3v) is 6.66. The van der Waals surface area contributed by atoms with Crippen LogP contribution < -0.4 is 9.64 Å². The maximum Gasteiger partial charge on any atom is 0.310 e. The molecular weight excluding hydrogens is 458 g/mol. The van der Waals surface area contributed by atoms with E-state index in [1.54, 1.807) is 0 Å². The van der Waals surface area contributed by atoms with E-state index >= 15 is 0 Å². The number of aromatic nitrogens is 2. The molecule has 0 radical (unpaired) electrons. The Kier molecular flexibility index (Phi) is 6.73. The predicted octanol–water partition coefficient (Wildman–Crippen LogP) is 4.61. The third-order valence-electron chi connectivity index (χ3n) is 6.66. The molecule has 0 unspecified atom stereocenters. The quantitative estimate of drug-likeness (QED) is 0.276. The highest BCUT2D eigenvalue weighted by molar-refractivity contribution is 5.91. The molecule has 2 N–H and O–H groups in total. The molecule has 9 heteroatoms. The van der Waals surface area contributed by atoms with Gasteiger partial charge in [0.05, 0.1) is 16.1 Å².